The van der Waals surface area contributed by atoms with E-state index in [2.05, 4.69) is 24.4 Å². The molecule has 1 heterocycles. The Morgan fingerprint density at radius 2 is 1.68 bits per heavy atom. The highest BCUT2D eigenvalue weighted by Crippen LogP contribution is 2.35. The number of nitriles is 2. The summed E-state index contributed by atoms with van der Waals surface area (Å²) in [5.41, 5.74) is 5.03. The highest BCUT2D eigenvalue weighted by atomic mass is 16.2. The zero-order valence-corrected chi connectivity index (χ0v) is 12.9. The van der Waals surface area contributed by atoms with Crippen LogP contribution in [0.25, 0.3) is 0 Å². The molecule has 1 aromatic carbocycles. The van der Waals surface area contributed by atoms with Gasteiger partial charge in [0.05, 0.1) is 18.1 Å². The van der Waals surface area contributed by atoms with Gasteiger partial charge in [0.15, 0.2) is 0 Å². The number of nitrogens with one attached hydrogen (secondary N) is 1. The van der Waals surface area contributed by atoms with Crippen molar-refractivity contribution in [1.29, 1.82) is 10.5 Å². The van der Waals surface area contributed by atoms with E-state index in [1.807, 2.05) is 36.4 Å². The van der Waals surface area contributed by atoms with E-state index < -0.39 is 17.8 Å². The highest BCUT2D eigenvalue weighted by Gasteiger charge is 2.40. The van der Waals surface area contributed by atoms with Crippen LogP contribution in [0.3, 0.4) is 0 Å². The van der Waals surface area contributed by atoms with Crippen molar-refractivity contribution in [2.45, 2.75) is 32.6 Å². The lowest BCUT2D eigenvalue weighted by molar-refractivity contribution is -0.122. The maximum atomic E-state index is 12.1. The predicted octanol–water partition coefficient (Wildman–Crippen LogP) is 2.68. The molecule has 0 spiro atoms. The molecule has 0 saturated carbocycles. The minimum atomic E-state index is -0.899. The summed E-state index contributed by atoms with van der Waals surface area (Å²) in [4.78, 5) is 12.1. The van der Waals surface area contributed by atoms with E-state index in [0.717, 1.165) is 5.56 Å². The van der Waals surface area contributed by atoms with Crippen LogP contribution in [0.15, 0.2) is 29.4 Å². The van der Waals surface area contributed by atoms with Gasteiger partial charge in [0.2, 0.25) is 5.91 Å². The maximum absolute atomic E-state index is 12.1. The van der Waals surface area contributed by atoms with Crippen molar-refractivity contribution in [2.24, 2.45) is 16.9 Å². The zero-order chi connectivity index (χ0) is 16.3. The van der Waals surface area contributed by atoms with Crippen LogP contribution < -0.4 is 5.43 Å². The van der Waals surface area contributed by atoms with Crippen LogP contribution in [-0.2, 0) is 4.79 Å². The van der Waals surface area contributed by atoms with E-state index in [0.29, 0.717) is 11.6 Å². The van der Waals surface area contributed by atoms with E-state index in [4.69, 9.17) is 0 Å². The van der Waals surface area contributed by atoms with Crippen molar-refractivity contribution in [3.63, 3.8) is 0 Å². The second kappa shape index (κ2) is 6.41. The van der Waals surface area contributed by atoms with Crippen LogP contribution in [0.1, 0.15) is 43.7 Å². The first-order valence-corrected chi connectivity index (χ1v) is 7.22. The van der Waals surface area contributed by atoms with Crippen molar-refractivity contribution >= 4 is 11.6 Å². The molecule has 1 aliphatic heterocycles. The fourth-order valence-corrected chi connectivity index (χ4v) is 2.76. The molecular formula is C17H18N4O. The average Bonchev–Trinajstić information content (AvgIpc) is 2.84. The SMILES string of the molecule is CC1=NNC(=O)[C@H]1[C@@H](c1ccc(C(C)C)cc1)C(C#N)C#N. The number of hydrogen-bond donors (Lipinski definition) is 1. The summed E-state index contributed by atoms with van der Waals surface area (Å²) >= 11 is 0. The molecule has 2 rings (SSSR count). The first kappa shape index (κ1) is 15.7. The summed E-state index contributed by atoms with van der Waals surface area (Å²) in [6.45, 7) is 5.94. The van der Waals surface area contributed by atoms with Gasteiger partial charge < -0.3 is 0 Å². The van der Waals surface area contributed by atoms with Crippen LogP contribution >= 0.6 is 0 Å². The Morgan fingerprint density at radius 3 is 2.09 bits per heavy atom. The predicted molar refractivity (Wildman–Crippen MR) is 82.7 cm³/mol. The monoisotopic (exact) mass is 294 g/mol. The van der Waals surface area contributed by atoms with Crippen LogP contribution in [0, 0.1) is 34.5 Å². The van der Waals surface area contributed by atoms with Crippen molar-refractivity contribution in [3.8, 4) is 12.1 Å². The fourth-order valence-electron chi connectivity index (χ4n) is 2.76. The Morgan fingerprint density at radius 1 is 1.14 bits per heavy atom. The second-order valence-electron chi connectivity index (χ2n) is 5.79. The summed E-state index contributed by atoms with van der Waals surface area (Å²) < 4.78 is 0. The summed E-state index contributed by atoms with van der Waals surface area (Å²) in [5.74, 6) is -1.85. The second-order valence-corrected chi connectivity index (χ2v) is 5.79. The molecule has 22 heavy (non-hydrogen) atoms. The Balaban J connectivity index is 2.46. The molecule has 0 saturated heterocycles. The van der Waals surface area contributed by atoms with Gasteiger partial charge in [-0.1, -0.05) is 38.1 Å². The van der Waals surface area contributed by atoms with Crippen molar-refractivity contribution in [1.82, 2.24) is 5.43 Å². The summed E-state index contributed by atoms with van der Waals surface area (Å²) in [6, 6.07) is 11.8. The maximum Gasteiger partial charge on any atom is 0.249 e. The number of nitrogens with zero attached hydrogens (tertiary/aromatic N) is 3. The molecule has 0 aromatic heterocycles. The molecule has 0 aliphatic carbocycles. The number of hydrazone groups is 1. The van der Waals surface area contributed by atoms with Gasteiger partial charge in [-0.2, -0.15) is 15.6 Å². The third kappa shape index (κ3) is 2.84. The van der Waals surface area contributed by atoms with Gasteiger partial charge in [-0.15, -0.1) is 0 Å². The van der Waals surface area contributed by atoms with Gasteiger partial charge in [-0.25, -0.2) is 5.43 Å². The third-order valence-electron chi connectivity index (χ3n) is 4.06. The van der Waals surface area contributed by atoms with Crippen molar-refractivity contribution in [3.05, 3.63) is 35.4 Å². The first-order valence-electron chi connectivity index (χ1n) is 7.22. The number of rotatable bonds is 4. The molecule has 5 nitrogen and oxygen atoms in total. The molecule has 0 radical (unpaired) electrons. The Hall–Kier alpha value is -2.66. The molecular weight excluding hydrogens is 276 g/mol. The quantitative estimate of drug-likeness (QED) is 0.925. The summed E-state index contributed by atoms with van der Waals surface area (Å²) in [7, 11) is 0. The minimum Gasteiger partial charge on any atom is -0.272 e. The van der Waals surface area contributed by atoms with E-state index in [9.17, 15) is 15.3 Å². The first-order chi connectivity index (χ1) is 10.5. The molecule has 1 N–H and O–H groups in total. The number of carbonyl (C=O) groups excluding carboxylic acids is 1. The number of carbonyl (C=O) groups is 1. The molecule has 112 valence electrons. The molecule has 1 amide bonds. The Labute approximate surface area is 130 Å². The van der Waals surface area contributed by atoms with Gasteiger partial charge in [0.1, 0.15) is 5.92 Å². The van der Waals surface area contributed by atoms with Gasteiger partial charge >= 0.3 is 0 Å². The number of benzene rings is 1. The molecule has 2 atom stereocenters. The zero-order valence-electron chi connectivity index (χ0n) is 12.9. The molecule has 0 bridgehead atoms. The van der Waals surface area contributed by atoms with Gasteiger partial charge in [-0.3, -0.25) is 4.79 Å². The van der Waals surface area contributed by atoms with E-state index >= 15 is 0 Å². The number of amides is 1. The number of hydrogen-bond acceptors (Lipinski definition) is 4. The Bertz CT molecular complexity index is 662. The van der Waals surface area contributed by atoms with Gasteiger partial charge in [0.25, 0.3) is 0 Å². The standard InChI is InChI=1S/C17H18N4O/c1-10(2)12-4-6-13(7-5-12)16(14(8-18)9-19)15-11(3)20-21-17(15)22/h4-7,10,14-16H,1-3H3,(H,21,22)/t15-,16+/m1/s1. The lowest BCUT2D eigenvalue weighted by atomic mass is 9.75. The van der Waals surface area contributed by atoms with E-state index in [1.165, 1.54) is 5.56 Å². The average molecular weight is 294 g/mol. The van der Waals surface area contributed by atoms with E-state index in [-0.39, 0.29) is 5.91 Å². The Kier molecular flexibility index (Phi) is 4.58. The van der Waals surface area contributed by atoms with Crippen LogP contribution in [-0.4, -0.2) is 11.6 Å². The van der Waals surface area contributed by atoms with Crippen molar-refractivity contribution < 1.29 is 4.79 Å². The van der Waals surface area contributed by atoms with Crippen molar-refractivity contribution in [2.75, 3.05) is 0 Å². The lowest BCUT2D eigenvalue weighted by Gasteiger charge is -2.23. The summed E-state index contributed by atoms with van der Waals surface area (Å²) in [6.07, 6.45) is 0. The topological polar surface area (TPSA) is 89.0 Å². The third-order valence-corrected chi connectivity index (χ3v) is 4.06. The summed E-state index contributed by atoms with van der Waals surface area (Å²) in [5, 5.41) is 22.5. The van der Waals surface area contributed by atoms with Gasteiger partial charge in [-0.05, 0) is 24.0 Å². The molecule has 5 heteroatoms. The van der Waals surface area contributed by atoms with E-state index in [1.54, 1.807) is 6.92 Å². The normalized spacial score (nSPS) is 18.6. The molecule has 1 aliphatic rings. The molecule has 0 fully saturated rings. The van der Waals surface area contributed by atoms with Gasteiger partial charge in [0, 0.05) is 11.6 Å². The minimum absolute atomic E-state index is 0.258. The molecule has 0 unspecified atom stereocenters. The largest absolute Gasteiger partial charge is 0.272 e. The smallest absolute Gasteiger partial charge is 0.249 e. The molecule has 1 aromatic rings. The lowest BCUT2D eigenvalue weighted by Crippen LogP contribution is -2.32. The van der Waals surface area contributed by atoms with Crippen LogP contribution in [0.4, 0.5) is 0 Å². The highest BCUT2D eigenvalue weighted by molar-refractivity contribution is 6.07. The van der Waals surface area contributed by atoms with Crippen LogP contribution in [0.2, 0.25) is 0 Å². The fraction of sp³-hybridized carbons (Fsp3) is 0.412. The van der Waals surface area contributed by atoms with Crippen LogP contribution in [0.5, 0.6) is 0 Å².